The first kappa shape index (κ1) is 20.6. The second-order valence-electron chi connectivity index (χ2n) is 7.25. The number of aromatic nitrogens is 1. The second kappa shape index (κ2) is 9.39. The van der Waals surface area contributed by atoms with Crippen LogP contribution in [0.4, 0.5) is 5.82 Å². The first-order valence-electron chi connectivity index (χ1n) is 9.88. The van der Waals surface area contributed by atoms with Crippen LogP contribution in [-0.4, -0.2) is 39.6 Å². The fraction of sp³-hybridized carbons (Fsp3) is 0.476. The molecule has 0 aliphatic carbocycles. The summed E-state index contributed by atoms with van der Waals surface area (Å²) < 4.78 is 33.7. The molecule has 0 amide bonds. The van der Waals surface area contributed by atoms with Crippen molar-refractivity contribution in [2.75, 3.05) is 31.1 Å². The van der Waals surface area contributed by atoms with E-state index in [0.717, 1.165) is 49.5 Å². The smallest absolute Gasteiger partial charge is 0.240 e. The molecule has 2 aromatic rings. The number of nitrogens with zero attached hydrogens (tertiary/aromatic N) is 2. The van der Waals surface area contributed by atoms with Crippen molar-refractivity contribution in [3.05, 3.63) is 48.2 Å². The molecule has 0 saturated carbocycles. The average Bonchev–Trinajstić information content (AvgIpc) is 2.72. The standard InChI is InChI=1S/C21H29N3O3S/c1-3-14-27-20-8-7-19(15-17(20)2)28(25,26)23-16-18-9-12-24(13-10-18)21-6-4-5-11-22-21/h4-8,11,15,18,23H,3,9-10,12-14,16H2,1-2H3. The fourth-order valence-corrected chi connectivity index (χ4v) is 4.58. The van der Waals surface area contributed by atoms with Gasteiger partial charge in [0.05, 0.1) is 11.5 Å². The van der Waals surface area contributed by atoms with Crippen molar-refractivity contribution in [3.63, 3.8) is 0 Å². The fourth-order valence-electron chi connectivity index (χ4n) is 3.38. The molecule has 0 atom stereocenters. The van der Waals surface area contributed by atoms with Gasteiger partial charge in [-0.25, -0.2) is 18.1 Å². The maximum atomic E-state index is 12.7. The molecule has 2 heterocycles. The molecule has 1 aromatic heterocycles. The molecule has 0 spiro atoms. The monoisotopic (exact) mass is 403 g/mol. The van der Waals surface area contributed by atoms with Gasteiger partial charge in [0.15, 0.2) is 0 Å². The number of nitrogens with one attached hydrogen (secondary N) is 1. The molecule has 1 N–H and O–H groups in total. The van der Waals surface area contributed by atoms with E-state index >= 15 is 0 Å². The van der Waals surface area contributed by atoms with Crippen LogP contribution in [0, 0.1) is 12.8 Å². The maximum absolute atomic E-state index is 12.7. The first-order valence-corrected chi connectivity index (χ1v) is 11.4. The minimum Gasteiger partial charge on any atom is -0.493 e. The summed E-state index contributed by atoms with van der Waals surface area (Å²) in [6.45, 7) is 6.79. The lowest BCUT2D eigenvalue weighted by molar-refractivity contribution is 0.315. The molecule has 1 aliphatic heterocycles. The van der Waals surface area contributed by atoms with Gasteiger partial charge in [0.1, 0.15) is 11.6 Å². The van der Waals surface area contributed by atoms with Gasteiger partial charge in [-0.1, -0.05) is 13.0 Å². The normalized spacial score (nSPS) is 15.6. The molecule has 152 valence electrons. The quantitative estimate of drug-likeness (QED) is 0.732. The number of benzene rings is 1. The number of pyridine rings is 1. The number of aryl methyl sites for hydroxylation is 1. The Hall–Kier alpha value is -2.12. The second-order valence-corrected chi connectivity index (χ2v) is 9.01. The molecule has 3 rings (SSSR count). The van der Waals surface area contributed by atoms with E-state index in [1.165, 1.54) is 0 Å². The zero-order valence-corrected chi connectivity index (χ0v) is 17.4. The van der Waals surface area contributed by atoms with Crippen LogP contribution in [0.15, 0.2) is 47.5 Å². The molecular weight excluding hydrogens is 374 g/mol. The van der Waals surface area contributed by atoms with Crippen molar-refractivity contribution in [2.45, 2.75) is 38.0 Å². The third-order valence-electron chi connectivity index (χ3n) is 5.07. The minimum atomic E-state index is -3.52. The number of sulfonamides is 1. The highest BCUT2D eigenvalue weighted by Gasteiger charge is 2.23. The third-order valence-corrected chi connectivity index (χ3v) is 6.49. The molecule has 0 unspecified atom stereocenters. The molecule has 7 heteroatoms. The van der Waals surface area contributed by atoms with Gasteiger partial charge in [0, 0.05) is 25.8 Å². The van der Waals surface area contributed by atoms with Crippen molar-refractivity contribution in [2.24, 2.45) is 5.92 Å². The lowest BCUT2D eigenvalue weighted by atomic mass is 9.97. The molecule has 1 saturated heterocycles. The van der Waals surface area contributed by atoms with Gasteiger partial charge in [-0.2, -0.15) is 0 Å². The van der Waals surface area contributed by atoms with E-state index < -0.39 is 10.0 Å². The van der Waals surface area contributed by atoms with E-state index in [4.69, 9.17) is 4.74 Å². The topological polar surface area (TPSA) is 71.5 Å². The predicted molar refractivity (Wildman–Crippen MR) is 111 cm³/mol. The van der Waals surface area contributed by atoms with Crippen molar-refractivity contribution >= 4 is 15.8 Å². The zero-order chi connectivity index (χ0) is 20.0. The highest BCUT2D eigenvalue weighted by molar-refractivity contribution is 7.89. The number of hydrogen-bond acceptors (Lipinski definition) is 5. The van der Waals surface area contributed by atoms with Gasteiger partial charge in [-0.05, 0) is 68.0 Å². The van der Waals surface area contributed by atoms with Crippen LogP contribution in [0.3, 0.4) is 0 Å². The highest BCUT2D eigenvalue weighted by atomic mass is 32.2. The number of piperidine rings is 1. The van der Waals surface area contributed by atoms with Gasteiger partial charge in [0.2, 0.25) is 10.0 Å². The maximum Gasteiger partial charge on any atom is 0.240 e. The minimum absolute atomic E-state index is 0.291. The summed E-state index contributed by atoms with van der Waals surface area (Å²) in [5, 5.41) is 0. The van der Waals surface area contributed by atoms with Gasteiger partial charge >= 0.3 is 0 Å². The Labute approximate surface area is 168 Å². The molecule has 6 nitrogen and oxygen atoms in total. The lowest BCUT2D eigenvalue weighted by Gasteiger charge is -2.32. The third kappa shape index (κ3) is 5.23. The van der Waals surface area contributed by atoms with Crippen LogP contribution >= 0.6 is 0 Å². The number of ether oxygens (including phenoxy) is 1. The molecular formula is C21H29N3O3S. The summed E-state index contributed by atoms with van der Waals surface area (Å²) in [6, 6.07) is 10.9. The van der Waals surface area contributed by atoms with Crippen LogP contribution in [0.5, 0.6) is 5.75 Å². The molecule has 1 aromatic carbocycles. The molecule has 28 heavy (non-hydrogen) atoms. The number of hydrogen-bond donors (Lipinski definition) is 1. The van der Waals surface area contributed by atoms with Crippen LogP contribution < -0.4 is 14.4 Å². The van der Waals surface area contributed by atoms with Gasteiger partial charge < -0.3 is 9.64 Å². The summed E-state index contributed by atoms with van der Waals surface area (Å²) >= 11 is 0. The molecule has 0 radical (unpaired) electrons. The summed E-state index contributed by atoms with van der Waals surface area (Å²) in [5.74, 6) is 2.06. The average molecular weight is 404 g/mol. The number of anilines is 1. The summed E-state index contributed by atoms with van der Waals surface area (Å²) in [6.07, 6.45) is 4.61. The SMILES string of the molecule is CCCOc1ccc(S(=O)(=O)NCC2CCN(c3ccccn3)CC2)cc1C. The number of rotatable bonds is 8. The van der Waals surface area contributed by atoms with Crippen molar-refractivity contribution in [1.29, 1.82) is 0 Å². The van der Waals surface area contributed by atoms with E-state index in [0.29, 0.717) is 24.0 Å². The van der Waals surface area contributed by atoms with Gasteiger partial charge in [0.25, 0.3) is 0 Å². The van der Waals surface area contributed by atoms with Crippen LogP contribution in [0.1, 0.15) is 31.7 Å². The Kier molecular flexibility index (Phi) is 6.91. The summed E-state index contributed by atoms with van der Waals surface area (Å²) in [4.78, 5) is 6.94. The highest BCUT2D eigenvalue weighted by Crippen LogP contribution is 2.24. The Balaban J connectivity index is 1.53. The Morgan fingerprint density at radius 2 is 2.00 bits per heavy atom. The van der Waals surface area contributed by atoms with Crippen molar-refractivity contribution < 1.29 is 13.2 Å². The van der Waals surface area contributed by atoms with E-state index in [1.807, 2.05) is 32.0 Å². The first-order chi connectivity index (χ1) is 13.5. The van der Waals surface area contributed by atoms with E-state index in [2.05, 4.69) is 14.6 Å². The van der Waals surface area contributed by atoms with E-state index in [-0.39, 0.29) is 0 Å². The zero-order valence-electron chi connectivity index (χ0n) is 16.6. The molecule has 0 bridgehead atoms. The lowest BCUT2D eigenvalue weighted by Crippen LogP contribution is -2.39. The summed E-state index contributed by atoms with van der Waals surface area (Å²) in [5.41, 5.74) is 0.833. The van der Waals surface area contributed by atoms with Crippen LogP contribution in [-0.2, 0) is 10.0 Å². The Bertz CT molecular complexity index is 864. The summed E-state index contributed by atoms with van der Waals surface area (Å²) in [7, 11) is -3.52. The Morgan fingerprint density at radius 3 is 2.64 bits per heavy atom. The van der Waals surface area contributed by atoms with E-state index in [1.54, 1.807) is 24.4 Å². The van der Waals surface area contributed by atoms with Crippen molar-refractivity contribution in [1.82, 2.24) is 9.71 Å². The van der Waals surface area contributed by atoms with Crippen LogP contribution in [0.2, 0.25) is 0 Å². The predicted octanol–water partition coefficient (Wildman–Crippen LogP) is 3.37. The van der Waals surface area contributed by atoms with E-state index in [9.17, 15) is 8.42 Å². The van der Waals surface area contributed by atoms with Crippen molar-refractivity contribution in [3.8, 4) is 5.75 Å². The Morgan fingerprint density at radius 1 is 1.21 bits per heavy atom. The largest absolute Gasteiger partial charge is 0.493 e. The van der Waals surface area contributed by atoms with Gasteiger partial charge in [-0.3, -0.25) is 0 Å². The molecule has 1 fully saturated rings. The van der Waals surface area contributed by atoms with Crippen LogP contribution in [0.25, 0.3) is 0 Å². The van der Waals surface area contributed by atoms with Gasteiger partial charge in [-0.15, -0.1) is 0 Å². The molecule has 1 aliphatic rings.